The SMILES string of the molecule is O=C(c1ccc2c(c1)OCO2)[C@H]1CCCN(Cc2coc3ccccc3c2=O)C1. The van der Waals surface area contributed by atoms with E-state index in [2.05, 4.69) is 4.90 Å². The van der Waals surface area contributed by atoms with Crippen molar-refractivity contribution in [3.05, 3.63) is 70.1 Å². The van der Waals surface area contributed by atoms with E-state index in [0.29, 0.717) is 46.7 Å². The van der Waals surface area contributed by atoms with Crippen molar-refractivity contribution < 1.29 is 18.7 Å². The zero-order valence-electron chi connectivity index (χ0n) is 15.9. The number of hydrogen-bond acceptors (Lipinski definition) is 6. The number of piperidine rings is 1. The molecule has 6 nitrogen and oxygen atoms in total. The molecule has 0 N–H and O–H groups in total. The Kier molecular flexibility index (Phi) is 4.56. The smallest absolute Gasteiger partial charge is 0.231 e. The Morgan fingerprint density at radius 1 is 1.10 bits per heavy atom. The second-order valence-electron chi connectivity index (χ2n) is 7.59. The molecular weight excluding hydrogens is 370 g/mol. The number of nitrogens with zero attached hydrogens (tertiary/aromatic N) is 1. The Bertz CT molecular complexity index is 1140. The fourth-order valence-electron chi connectivity index (χ4n) is 4.17. The molecule has 0 unspecified atom stereocenters. The molecule has 1 fully saturated rings. The molecule has 2 aromatic carbocycles. The summed E-state index contributed by atoms with van der Waals surface area (Å²) in [5.74, 6) is 1.31. The van der Waals surface area contributed by atoms with Crippen molar-refractivity contribution >= 4 is 16.8 Å². The first kappa shape index (κ1) is 17.9. The lowest BCUT2D eigenvalue weighted by Crippen LogP contribution is -2.39. The molecule has 0 radical (unpaired) electrons. The maximum atomic E-state index is 13.0. The third-order valence-corrected chi connectivity index (χ3v) is 5.68. The monoisotopic (exact) mass is 391 g/mol. The topological polar surface area (TPSA) is 69.0 Å². The summed E-state index contributed by atoms with van der Waals surface area (Å²) in [7, 11) is 0. The minimum Gasteiger partial charge on any atom is -0.464 e. The number of rotatable bonds is 4. The van der Waals surface area contributed by atoms with E-state index < -0.39 is 0 Å². The molecular formula is C23H21NO5. The fourth-order valence-corrected chi connectivity index (χ4v) is 4.17. The van der Waals surface area contributed by atoms with E-state index in [4.69, 9.17) is 13.9 Å². The molecule has 5 rings (SSSR count). The molecule has 3 aromatic rings. The maximum Gasteiger partial charge on any atom is 0.231 e. The van der Waals surface area contributed by atoms with Crippen LogP contribution >= 0.6 is 0 Å². The number of para-hydroxylation sites is 1. The molecule has 0 bridgehead atoms. The highest BCUT2D eigenvalue weighted by atomic mass is 16.7. The zero-order valence-corrected chi connectivity index (χ0v) is 15.9. The number of likely N-dealkylation sites (tertiary alicyclic amines) is 1. The predicted octanol–water partition coefficient (Wildman–Crippen LogP) is 3.62. The van der Waals surface area contributed by atoms with Crippen LogP contribution in [0.5, 0.6) is 11.5 Å². The van der Waals surface area contributed by atoms with Crippen LogP contribution in [0.15, 0.2) is 57.9 Å². The summed E-state index contributed by atoms with van der Waals surface area (Å²) in [6.45, 7) is 2.16. The Labute approximate surface area is 167 Å². The molecule has 2 aliphatic heterocycles. The minimum absolute atomic E-state index is 0.00364. The molecule has 29 heavy (non-hydrogen) atoms. The molecule has 3 heterocycles. The van der Waals surface area contributed by atoms with Crippen LogP contribution in [0.2, 0.25) is 0 Å². The minimum atomic E-state index is -0.100. The zero-order chi connectivity index (χ0) is 19.8. The standard InChI is InChI=1S/C23H21NO5/c25-22(15-7-8-20-21(10-15)29-14-28-20)16-4-3-9-24(11-16)12-17-13-27-19-6-2-1-5-18(19)23(17)26/h1-2,5-8,10,13,16H,3-4,9,11-12,14H2/t16-/m0/s1. The number of carbonyl (C=O) groups excluding carboxylic acids is 1. The summed E-state index contributed by atoms with van der Waals surface area (Å²) < 4.78 is 16.4. The first-order valence-corrected chi connectivity index (χ1v) is 9.85. The van der Waals surface area contributed by atoms with Gasteiger partial charge in [0.2, 0.25) is 6.79 Å². The summed E-state index contributed by atoms with van der Waals surface area (Å²) in [5, 5.41) is 0.593. The van der Waals surface area contributed by atoms with Gasteiger partial charge in [0.05, 0.1) is 11.6 Å². The normalized spacial score (nSPS) is 18.8. The first-order valence-electron chi connectivity index (χ1n) is 9.85. The van der Waals surface area contributed by atoms with Gasteiger partial charge in [-0.2, -0.15) is 0 Å². The van der Waals surface area contributed by atoms with Gasteiger partial charge >= 0.3 is 0 Å². The van der Waals surface area contributed by atoms with Crippen LogP contribution in [0.4, 0.5) is 0 Å². The second kappa shape index (κ2) is 7.37. The number of hydrogen-bond donors (Lipinski definition) is 0. The van der Waals surface area contributed by atoms with Gasteiger partial charge in [0.25, 0.3) is 0 Å². The second-order valence-corrected chi connectivity index (χ2v) is 7.59. The number of fused-ring (bicyclic) bond motifs is 2. The van der Waals surface area contributed by atoms with E-state index in [-0.39, 0.29) is 23.9 Å². The van der Waals surface area contributed by atoms with Crippen LogP contribution in [0.1, 0.15) is 28.8 Å². The fraction of sp³-hybridized carbons (Fsp3) is 0.304. The van der Waals surface area contributed by atoms with E-state index in [9.17, 15) is 9.59 Å². The molecule has 148 valence electrons. The lowest BCUT2D eigenvalue weighted by atomic mass is 9.89. The van der Waals surface area contributed by atoms with Crippen molar-refractivity contribution in [2.45, 2.75) is 19.4 Å². The van der Waals surface area contributed by atoms with Gasteiger partial charge in [-0.3, -0.25) is 14.5 Å². The van der Waals surface area contributed by atoms with Crippen LogP contribution in [0, 0.1) is 5.92 Å². The Balaban J connectivity index is 1.33. The Hall–Kier alpha value is -3.12. The third kappa shape index (κ3) is 3.40. The van der Waals surface area contributed by atoms with Gasteiger partial charge in [-0.25, -0.2) is 0 Å². The average molecular weight is 391 g/mol. The van der Waals surface area contributed by atoms with E-state index >= 15 is 0 Å². The quantitative estimate of drug-likeness (QED) is 0.633. The number of ether oxygens (including phenoxy) is 2. The average Bonchev–Trinajstić information content (AvgIpc) is 3.23. The molecule has 1 aromatic heterocycles. The molecule has 6 heteroatoms. The molecule has 2 aliphatic rings. The highest BCUT2D eigenvalue weighted by Crippen LogP contribution is 2.34. The lowest BCUT2D eigenvalue weighted by Gasteiger charge is -2.31. The highest BCUT2D eigenvalue weighted by molar-refractivity contribution is 5.98. The van der Waals surface area contributed by atoms with Gasteiger partial charge in [0.1, 0.15) is 5.58 Å². The van der Waals surface area contributed by atoms with Crippen molar-refractivity contribution in [1.29, 1.82) is 0 Å². The van der Waals surface area contributed by atoms with Gasteiger partial charge in [0.15, 0.2) is 22.7 Å². The largest absolute Gasteiger partial charge is 0.464 e. The van der Waals surface area contributed by atoms with Gasteiger partial charge in [-0.15, -0.1) is 0 Å². The summed E-state index contributed by atoms with van der Waals surface area (Å²) in [6, 6.07) is 12.6. The van der Waals surface area contributed by atoms with Gasteiger partial charge in [-0.05, 0) is 49.7 Å². The summed E-state index contributed by atoms with van der Waals surface area (Å²) >= 11 is 0. The van der Waals surface area contributed by atoms with Crippen molar-refractivity contribution in [2.24, 2.45) is 5.92 Å². The van der Waals surface area contributed by atoms with Gasteiger partial charge in [0, 0.05) is 30.1 Å². The molecule has 0 amide bonds. The molecule has 0 spiro atoms. The summed E-state index contributed by atoms with van der Waals surface area (Å²) in [5.41, 5.74) is 1.86. The summed E-state index contributed by atoms with van der Waals surface area (Å²) in [4.78, 5) is 28.0. The lowest BCUT2D eigenvalue weighted by molar-refractivity contribution is 0.0810. The van der Waals surface area contributed by atoms with Gasteiger partial charge < -0.3 is 13.9 Å². The van der Waals surface area contributed by atoms with E-state index in [0.717, 1.165) is 19.4 Å². The first-order chi connectivity index (χ1) is 14.2. The highest BCUT2D eigenvalue weighted by Gasteiger charge is 2.28. The summed E-state index contributed by atoms with van der Waals surface area (Å²) in [6.07, 6.45) is 3.31. The molecule has 0 saturated carbocycles. The Morgan fingerprint density at radius 3 is 2.90 bits per heavy atom. The van der Waals surface area contributed by atoms with Crippen molar-refractivity contribution in [3.63, 3.8) is 0 Å². The van der Waals surface area contributed by atoms with Crippen molar-refractivity contribution in [2.75, 3.05) is 19.9 Å². The van der Waals surface area contributed by atoms with E-state index in [1.165, 1.54) is 0 Å². The van der Waals surface area contributed by atoms with Crippen LogP contribution < -0.4 is 14.9 Å². The molecule has 1 saturated heterocycles. The van der Waals surface area contributed by atoms with Crippen LogP contribution in [-0.2, 0) is 6.54 Å². The number of carbonyl (C=O) groups is 1. The van der Waals surface area contributed by atoms with Crippen molar-refractivity contribution in [3.8, 4) is 11.5 Å². The van der Waals surface area contributed by atoms with E-state index in [1.54, 1.807) is 36.6 Å². The Morgan fingerprint density at radius 2 is 1.97 bits per heavy atom. The number of benzene rings is 2. The van der Waals surface area contributed by atoms with Crippen LogP contribution in [-0.4, -0.2) is 30.6 Å². The van der Waals surface area contributed by atoms with E-state index in [1.807, 2.05) is 12.1 Å². The van der Waals surface area contributed by atoms with Crippen LogP contribution in [0.3, 0.4) is 0 Å². The number of ketones is 1. The molecule has 1 atom stereocenters. The maximum absolute atomic E-state index is 13.0. The van der Waals surface area contributed by atoms with Crippen molar-refractivity contribution in [1.82, 2.24) is 4.90 Å². The van der Waals surface area contributed by atoms with Crippen LogP contribution in [0.25, 0.3) is 11.0 Å². The third-order valence-electron chi connectivity index (χ3n) is 5.68. The molecule has 0 aliphatic carbocycles. The number of Topliss-reactive ketones (excluding diaryl/α,β-unsaturated/α-hetero) is 1. The van der Waals surface area contributed by atoms with Gasteiger partial charge in [-0.1, -0.05) is 12.1 Å². The predicted molar refractivity (Wildman–Crippen MR) is 107 cm³/mol.